The van der Waals surface area contributed by atoms with E-state index < -0.39 is 0 Å². The standard InChI is InChI=1S/C19H19N3O3S/c1-12-11-26-19(16(12)24-2)25-14-7-5-13(6-8-14)10-22-18(23)15-4-3-9-21-17(15)20/h3-9,11H,10H2,1-2H3,(H2,20,21)(H,22,23). The van der Waals surface area contributed by atoms with Crippen LogP contribution in [0.3, 0.4) is 0 Å². The number of amides is 1. The molecule has 3 aromatic rings. The van der Waals surface area contributed by atoms with Crippen molar-refractivity contribution in [1.29, 1.82) is 0 Å². The molecular formula is C19H19N3O3S. The van der Waals surface area contributed by atoms with Crippen LogP contribution in [0.5, 0.6) is 16.6 Å². The molecule has 134 valence electrons. The van der Waals surface area contributed by atoms with Gasteiger partial charge in [0.1, 0.15) is 11.6 Å². The van der Waals surface area contributed by atoms with Crippen molar-refractivity contribution in [2.75, 3.05) is 12.8 Å². The fourth-order valence-electron chi connectivity index (χ4n) is 2.39. The van der Waals surface area contributed by atoms with Gasteiger partial charge in [-0.1, -0.05) is 12.1 Å². The number of carbonyl (C=O) groups excluding carboxylic acids is 1. The zero-order valence-corrected chi connectivity index (χ0v) is 15.3. The maximum Gasteiger partial charge on any atom is 0.255 e. The molecule has 0 fully saturated rings. The van der Waals surface area contributed by atoms with Crippen molar-refractivity contribution in [3.8, 4) is 16.6 Å². The predicted octanol–water partition coefficient (Wildman–Crippen LogP) is 3.76. The maximum absolute atomic E-state index is 12.2. The Morgan fingerprint density at radius 1 is 1.27 bits per heavy atom. The summed E-state index contributed by atoms with van der Waals surface area (Å²) in [6, 6.07) is 10.8. The number of pyridine rings is 1. The van der Waals surface area contributed by atoms with Crippen molar-refractivity contribution in [2.24, 2.45) is 0 Å². The number of nitrogens with one attached hydrogen (secondary N) is 1. The summed E-state index contributed by atoms with van der Waals surface area (Å²) in [5, 5.41) is 5.54. The normalized spacial score (nSPS) is 10.4. The summed E-state index contributed by atoms with van der Waals surface area (Å²) in [6.07, 6.45) is 1.55. The molecule has 0 unspecified atom stereocenters. The number of aromatic nitrogens is 1. The van der Waals surface area contributed by atoms with Crippen LogP contribution < -0.4 is 20.5 Å². The van der Waals surface area contributed by atoms with Crippen LogP contribution >= 0.6 is 11.3 Å². The van der Waals surface area contributed by atoms with Gasteiger partial charge in [0, 0.05) is 23.7 Å². The Balaban J connectivity index is 1.61. The number of benzene rings is 1. The molecule has 2 aromatic heterocycles. The monoisotopic (exact) mass is 369 g/mol. The number of nitrogens with two attached hydrogens (primary N) is 1. The van der Waals surface area contributed by atoms with Crippen LogP contribution in [0.2, 0.25) is 0 Å². The first-order chi connectivity index (χ1) is 12.6. The molecule has 0 aliphatic heterocycles. The number of methoxy groups -OCH3 is 1. The number of nitrogens with zero attached hydrogens (tertiary/aromatic N) is 1. The van der Waals surface area contributed by atoms with Gasteiger partial charge >= 0.3 is 0 Å². The molecule has 0 spiro atoms. The van der Waals surface area contributed by atoms with Gasteiger partial charge in [-0.2, -0.15) is 0 Å². The van der Waals surface area contributed by atoms with E-state index in [9.17, 15) is 4.79 Å². The molecule has 7 heteroatoms. The molecule has 2 heterocycles. The first kappa shape index (κ1) is 17.8. The zero-order valence-electron chi connectivity index (χ0n) is 14.5. The lowest BCUT2D eigenvalue weighted by Gasteiger charge is -2.09. The Morgan fingerprint density at radius 3 is 2.73 bits per heavy atom. The van der Waals surface area contributed by atoms with Crippen LogP contribution in [-0.4, -0.2) is 18.0 Å². The van der Waals surface area contributed by atoms with E-state index in [1.807, 2.05) is 36.6 Å². The topological polar surface area (TPSA) is 86.5 Å². The lowest BCUT2D eigenvalue weighted by atomic mass is 10.2. The van der Waals surface area contributed by atoms with E-state index in [1.54, 1.807) is 25.4 Å². The predicted molar refractivity (Wildman–Crippen MR) is 102 cm³/mol. The highest BCUT2D eigenvalue weighted by atomic mass is 32.1. The molecule has 6 nitrogen and oxygen atoms in total. The van der Waals surface area contributed by atoms with Gasteiger partial charge in [-0.05, 0) is 36.8 Å². The van der Waals surface area contributed by atoms with Crippen molar-refractivity contribution in [1.82, 2.24) is 10.3 Å². The van der Waals surface area contributed by atoms with Gasteiger partial charge in [-0.25, -0.2) is 4.98 Å². The highest BCUT2D eigenvalue weighted by molar-refractivity contribution is 7.12. The average molecular weight is 369 g/mol. The molecule has 0 saturated carbocycles. The fraction of sp³-hybridized carbons (Fsp3) is 0.158. The van der Waals surface area contributed by atoms with Gasteiger partial charge in [-0.15, -0.1) is 11.3 Å². The van der Waals surface area contributed by atoms with Crippen LogP contribution in [0.1, 0.15) is 21.5 Å². The van der Waals surface area contributed by atoms with Gasteiger partial charge in [0.05, 0.1) is 12.7 Å². The Bertz CT molecular complexity index is 907. The third-order valence-corrected chi connectivity index (χ3v) is 4.71. The average Bonchev–Trinajstić information content (AvgIpc) is 3.00. The third kappa shape index (κ3) is 3.94. The number of hydrogen-bond donors (Lipinski definition) is 2. The summed E-state index contributed by atoms with van der Waals surface area (Å²) < 4.78 is 11.2. The van der Waals surface area contributed by atoms with Gasteiger partial charge in [0.15, 0.2) is 5.75 Å². The quantitative estimate of drug-likeness (QED) is 0.691. The number of aryl methyl sites for hydroxylation is 1. The molecule has 0 atom stereocenters. The Kier molecular flexibility index (Phi) is 5.38. The van der Waals surface area contributed by atoms with Crippen LogP contribution in [0.4, 0.5) is 5.82 Å². The molecule has 0 aliphatic rings. The molecule has 1 amide bonds. The van der Waals surface area contributed by atoms with E-state index in [0.29, 0.717) is 17.9 Å². The number of anilines is 1. The molecule has 1 aromatic carbocycles. The highest BCUT2D eigenvalue weighted by Crippen LogP contribution is 2.40. The zero-order chi connectivity index (χ0) is 18.5. The molecule has 0 bridgehead atoms. The minimum absolute atomic E-state index is 0.217. The minimum Gasteiger partial charge on any atom is -0.492 e. The van der Waals surface area contributed by atoms with E-state index in [2.05, 4.69) is 10.3 Å². The van der Waals surface area contributed by atoms with E-state index in [4.69, 9.17) is 15.2 Å². The van der Waals surface area contributed by atoms with Gasteiger partial charge < -0.3 is 20.5 Å². The number of rotatable bonds is 6. The number of hydrogen-bond acceptors (Lipinski definition) is 6. The number of nitrogen functional groups attached to an aromatic ring is 1. The van der Waals surface area contributed by atoms with Gasteiger partial charge in [0.25, 0.3) is 5.91 Å². The third-order valence-electron chi connectivity index (χ3n) is 3.76. The van der Waals surface area contributed by atoms with Crippen LogP contribution in [0.25, 0.3) is 0 Å². The van der Waals surface area contributed by atoms with Crippen molar-refractivity contribution < 1.29 is 14.3 Å². The van der Waals surface area contributed by atoms with Crippen molar-refractivity contribution in [3.05, 3.63) is 64.7 Å². The summed E-state index contributed by atoms with van der Waals surface area (Å²) >= 11 is 1.49. The fourth-order valence-corrected chi connectivity index (χ4v) is 3.28. The second kappa shape index (κ2) is 7.88. The molecule has 26 heavy (non-hydrogen) atoms. The number of carbonyl (C=O) groups is 1. The van der Waals surface area contributed by atoms with Crippen molar-refractivity contribution in [3.63, 3.8) is 0 Å². The smallest absolute Gasteiger partial charge is 0.255 e. The number of thiophene rings is 1. The summed E-state index contributed by atoms with van der Waals surface area (Å²) in [4.78, 5) is 16.1. The molecule has 0 aliphatic carbocycles. The minimum atomic E-state index is -0.255. The molecule has 3 N–H and O–H groups in total. The molecular weight excluding hydrogens is 350 g/mol. The van der Waals surface area contributed by atoms with Gasteiger partial charge in [-0.3, -0.25) is 4.79 Å². The maximum atomic E-state index is 12.2. The summed E-state index contributed by atoms with van der Waals surface area (Å²) in [7, 11) is 1.63. The highest BCUT2D eigenvalue weighted by Gasteiger charge is 2.12. The Hall–Kier alpha value is -3.06. The number of ether oxygens (including phenoxy) is 2. The summed E-state index contributed by atoms with van der Waals surface area (Å²) in [5.74, 6) is 1.42. The summed E-state index contributed by atoms with van der Waals surface area (Å²) in [6.45, 7) is 2.36. The lowest BCUT2D eigenvalue weighted by Crippen LogP contribution is -2.24. The summed E-state index contributed by atoms with van der Waals surface area (Å²) in [5.41, 5.74) is 8.07. The van der Waals surface area contributed by atoms with E-state index in [0.717, 1.165) is 21.9 Å². The van der Waals surface area contributed by atoms with Crippen LogP contribution in [0, 0.1) is 6.92 Å². The largest absolute Gasteiger partial charge is 0.492 e. The SMILES string of the molecule is COc1c(C)csc1Oc1ccc(CNC(=O)c2cccnc2N)cc1. The molecule has 3 rings (SSSR count). The first-order valence-corrected chi connectivity index (χ1v) is 8.84. The van der Waals surface area contributed by atoms with Crippen LogP contribution in [0.15, 0.2) is 48.0 Å². The van der Waals surface area contributed by atoms with E-state index in [-0.39, 0.29) is 11.7 Å². The van der Waals surface area contributed by atoms with Crippen molar-refractivity contribution >= 4 is 23.1 Å². The second-order valence-electron chi connectivity index (χ2n) is 5.60. The Labute approximate surface area is 155 Å². The Morgan fingerprint density at radius 2 is 2.04 bits per heavy atom. The van der Waals surface area contributed by atoms with E-state index >= 15 is 0 Å². The van der Waals surface area contributed by atoms with E-state index in [1.165, 1.54) is 11.3 Å². The molecule has 0 radical (unpaired) electrons. The molecule has 0 saturated heterocycles. The second-order valence-corrected chi connectivity index (χ2v) is 6.45. The van der Waals surface area contributed by atoms with Crippen LogP contribution in [-0.2, 0) is 6.54 Å². The van der Waals surface area contributed by atoms with Crippen molar-refractivity contribution in [2.45, 2.75) is 13.5 Å². The first-order valence-electron chi connectivity index (χ1n) is 7.96. The lowest BCUT2D eigenvalue weighted by molar-refractivity contribution is 0.0951. The van der Waals surface area contributed by atoms with Gasteiger partial charge in [0.2, 0.25) is 5.06 Å².